The first-order valence-electron chi connectivity index (χ1n) is 11.6. The Bertz CT molecular complexity index is 925. The summed E-state index contributed by atoms with van der Waals surface area (Å²) in [5.74, 6) is 1.97. The molecule has 154 valence electrons. The average molecular weight is 394 g/mol. The predicted octanol–water partition coefficient (Wildman–Crippen LogP) is 3.42. The topological polar surface area (TPSA) is 38.8 Å². The first-order valence-corrected chi connectivity index (χ1v) is 11.6. The van der Waals surface area contributed by atoms with Gasteiger partial charge in [-0.15, -0.1) is 0 Å². The fourth-order valence-electron chi connectivity index (χ4n) is 8.75. The van der Waals surface area contributed by atoms with Gasteiger partial charge in [0.2, 0.25) is 0 Å². The highest BCUT2D eigenvalue weighted by molar-refractivity contribution is 5.65. The SMILES string of the molecule is COC12CC[C@@]3(C[C@@H]1C=O)[C@H]1Cc4ccc(C)c5c4[C@@]3(CCN1CC1CC1)[C@H]2O5. The number of likely N-dealkylation sites (tertiary alicyclic amines) is 1. The van der Waals surface area contributed by atoms with Crippen LogP contribution >= 0.6 is 0 Å². The van der Waals surface area contributed by atoms with Gasteiger partial charge < -0.3 is 14.3 Å². The van der Waals surface area contributed by atoms with Crippen LogP contribution in [0.4, 0.5) is 0 Å². The summed E-state index contributed by atoms with van der Waals surface area (Å²) in [4.78, 5) is 15.2. The molecule has 1 unspecified atom stereocenters. The number of carbonyl (C=O) groups is 1. The number of ether oxygens (including phenoxy) is 2. The van der Waals surface area contributed by atoms with Crippen molar-refractivity contribution < 1.29 is 14.3 Å². The maximum Gasteiger partial charge on any atom is 0.139 e. The quantitative estimate of drug-likeness (QED) is 0.735. The number of fused-ring (bicyclic) bond motifs is 2. The lowest BCUT2D eigenvalue weighted by molar-refractivity contribution is -0.269. The number of carbonyl (C=O) groups excluding carboxylic acids is 1. The summed E-state index contributed by atoms with van der Waals surface area (Å²) in [6.07, 6.45) is 9.36. The van der Waals surface area contributed by atoms with Crippen LogP contribution in [0, 0.1) is 24.2 Å². The van der Waals surface area contributed by atoms with E-state index in [0.717, 1.165) is 37.4 Å². The number of piperidine rings is 1. The van der Waals surface area contributed by atoms with Gasteiger partial charge in [-0.25, -0.2) is 0 Å². The van der Waals surface area contributed by atoms with Crippen LogP contribution in [0.1, 0.15) is 55.2 Å². The minimum Gasteiger partial charge on any atom is -0.486 e. The molecule has 2 aliphatic heterocycles. The zero-order valence-electron chi connectivity index (χ0n) is 17.6. The zero-order valence-corrected chi connectivity index (χ0v) is 17.6. The molecule has 0 radical (unpaired) electrons. The van der Waals surface area contributed by atoms with E-state index in [1.807, 2.05) is 7.11 Å². The van der Waals surface area contributed by atoms with Crippen LogP contribution in [0.2, 0.25) is 0 Å². The van der Waals surface area contributed by atoms with Gasteiger partial charge in [0.1, 0.15) is 23.7 Å². The van der Waals surface area contributed by atoms with Crippen molar-refractivity contribution in [3.8, 4) is 5.75 Å². The monoisotopic (exact) mass is 393 g/mol. The molecule has 0 N–H and O–H groups in total. The van der Waals surface area contributed by atoms with Crippen molar-refractivity contribution in [2.75, 3.05) is 20.2 Å². The summed E-state index contributed by atoms with van der Waals surface area (Å²) in [5, 5.41) is 0. The largest absolute Gasteiger partial charge is 0.486 e. The molecule has 5 fully saturated rings. The molecule has 8 rings (SSSR count). The maximum atomic E-state index is 12.4. The first-order chi connectivity index (χ1) is 14.1. The van der Waals surface area contributed by atoms with E-state index >= 15 is 0 Å². The van der Waals surface area contributed by atoms with Crippen molar-refractivity contribution in [3.05, 3.63) is 28.8 Å². The molecule has 2 heterocycles. The van der Waals surface area contributed by atoms with E-state index in [2.05, 4.69) is 24.0 Å². The van der Waals surface area contributed by atoms with Crippen molar-refractivity contribution in [2.45, 2.75) is 75.0 Å². The summed E-state index contributed by atoms with van der Waals surface area (Å²) >= 11 is 0. The van der Waals surface area contributed by atoms with Gasteiger partial charge in [0.05, 0.1) is 0 Å². The van der Waals surface area contributed by atoms with Crippen LogP contribution in [0.25, 0.3) is 0 Å². The number of methoxy groups -OCH3 is 1. The molecule has 7 aliphatic rings. The maximum absolute atomic E-state index is 12.4. The highest BCUT2D eigenvalue weighted by Crippen LogP contribution is 2.76. The summed E-state index contributed by atoms with van der Waals surface area (Å²) in [5.41, 5.74) is 3.98. The van der Waals surface area contributed by atoms with Crippen LogP contribution < -0.4 is 4.74 Å². The smallest absolute Gasteiger partial charge is 0.139 e. The van der Waals surface area contributed by atoms with E-state index in [9.17, 15) is 4.79 Å². The molecule has 5 aliphatic carbocycles. The van der Waals surface area contributed by atoms with Gasteiger partial charge in [-0.1, -0.05) is 12.1 Å². The second kappa shape index (κ2) is 5.26. The lowest BCUT2D eigenvalue weighted by Gasteiger charge is -2.73. The summed E-state index contributed by atoms with van der Waals surface area (Å²) in [6.45, 7) is 4.60. The molecule has 1 aromatic rings. The van der Waals surface area contributed by atoms with Gasteiger partial charge >= 0.3 is 0 Å². The fraction of sp³-hybridized carbons (Fsp3) is 0.720. The van der Waals surface area contributed by atoms with Crippen LogP contribution in [0.3, 0.4) is 0 Å². The van der Waals surface area contributed by atoms with Gasteiger partial charge in [0.25, 0.3) is 0 Å². The van der Waals surface area contributed by atoms with Crippen LogP contribution in [0.15, 0.2) is 12.1 Å². The van der Waals surface area contributed by atoms with E-state index in [0.29, 0.717) is 6.04 Å². The van der Waals surface area contributed by atoms with Crippen LogP contribution in [0.5, 0.6) is 5.75 Å². The minimum atomic E-state index is -0.465. The highest BCUT2D eigenvalue weighted by atomic mass is 16.6. The lowest BCUT2D eigenvalue weighted by atomic mass is 9.35. The molecule has 29 heavy (non-hydrogen) atoms. The van der Waals surface area contributed by atoms with Gasteiger partial charge in [-0.2, -0.15) is 0 Å². The van der Waals surface area contributed by atoms with E-state index in [1.165, 1.54) is 55.3 Å². The zero-order chi connectivity index (χ0) is 19.6. The Balaban J connectivity index is 1.49. The van der Waals surface area contributed by atoms with E-state index < -0.39 is 5.60 Å². The second-order valence-corrected chi connectivity index (χ2v) is 10.9. The first kappa shape index (κ1) is 17.3. The predicted molar refractivity (Wildman–Crippen MR) is 109 cm³/mol. The molecule has 0 amide bonds. The molecule has 2 spiro atoms. The summed E-state index contributed by atoms with van der Waals surface area (Å²) in [6, 6.07) is 5.17. The number of aldehydes is 1. The Morgan fingerprint density at radius 3 is 2.90 bits per heavy atom. The molecule has 4 heteroatoms. The molecule has 6 atom stereocenters. The number of rotatable bonds is 4. The number of aryl methyl sites for hydroxylation is 1. The van der Waals surface area contributed by atoms with Crippen molar-refractivity contribution in [3.63, 3.8) is 0 Å². The second-order valence-electron chi connectivity index (χ2n) is 10.9. The Morgan fingerprint density at radius 2 is 2.14 bits per heavy atom. The molecule has 4 saturated carbocycles. The fourth-order valence-corrected chi connectivity index (χ4v) is 8.75. The number of nitrogens with zero attached hydrogens (tertiary/aromatic N) is 1. The molecular weight excluding hydrogens is 362 g/mol. The van der Waals surface area contributed by atoms with Crippen molar-refractivity contribution in [1.29, 1.82) is 0 Å². The number of hydrogen-bond acceptors (Lipinski definition) is 4. The number of hydrogen-bond donors (Lipinski definition) is 0. The van der Waals surface area contributed by atoms with Crippen LogP contribution in [-0.2, 0) is 21.4 Å². The molecule has 1 aromatic carbocycles. The summed E-state index contributed by atoms with van der Waals surface area (Å²) in [7, 11) is 1.81. The molecule has 1 saturated heterocycles. The van der Waals surface area contributed by atoms with Crippen molar-refractivity contribution >= 4 is 6.29 Å². The van der Waals surface area contributed by atoms with E-state index in [4.69, 9.17) is 9.47 Å². The van der Waals surface area contributed by atoms with Crippen molar-refractivity contribution in [1.82, 2.24) is 4.90 Å². The van der Waals surface area contributed by atoms with E-state index in [-0.39, 0.29) is 22.9 Å². The molecular formula is C25H31NO3. The van der Waals surface area contributed by atoms with Crippen molar-refractivity contribution in [2.24, 2.45) is 17.3 Å². The van der Waals surface area contributed by atoms with Gasteiger partial charge in [-0.3, -0.25) is 4.90 Å². The van der Waals surface area contributed by atoms with Gasteiger partial charge in [0, 0.05) is 42.0 Å². The Kier molecular flexibility index (Phi) is 3.14. The number of benzene rings is 1. The summed E-state index contributed by atoms with van der Waals surface area (Å²) < 4.78 is 13.2. The highest BCUT2D eigenvalue weighted by Gasteiger charge is 2.80. The Hall–Kier alpha value is -1.39. The Labute approximate surface area is 172 Å². The normalized spacial score (nSPS) is 46.3. The third-order valence-electron chi connectivity index (χ3n) is 10.1. The minimum absolute atomic E-state index is 0.0153. The molecule has 4 nitrogen and oxygen atoms in total. The Morgan fingerprint density at radius 1 is 1.28 bits per heavy atom. The van der Waals surface area contributed by atoms with Gasteiger partial charge in [0.15, 0.2) is 0 Å². The third-order valence-corrected chi connectivity index (χ3v) is 10.1. The van der Waals surface area contributed by atoms with E-state index in [1.54, 1.807) is 0 Å². The van der Waals surface area contributed by atoms with Gasteiger partial charge in [-0.05, 0) is 75.5 Å². The molecule has 4 bridgehead atoms. The van der Waals surface area contributed by atoms with Crippen LogP contribution in [-0.4, -0.2) is 49.1 Å². The standard InChI is InChI=1S/C25H31NO3/c1-15-3-6-17-11-19-23-7-8-25(28-2,18(12-23)14-27)22-24(23,20(17)21(15)29-22)9-10-26(19)13-16-4-5-16/h3,6,14,16,18-19,22H,4-5,7-13H2,1-2H3/t18-,19-,22-,23-,24+,25?/m1/s1. The molecule has 0 aromatic heterocycles. The lowest BCUT2D eigenvalue weighted by Crippen LogP contribution is -2.81. The third kappa shape index (κ3) is 1.73. The average Bonchev–Trinajstić information content (AvgIpc) is 3.48.